The molecule has 0 amide bonds. The van der Waals surface area contributed by atoms with Crippen LogP contribution in [0, 0.1) is 0 Å². The topological polar surface area (TPSA) is 26.3 Å². The molecular weight excluding hydrogens is 164 g/mol. The van der Waals surface area contributed by atoms with Crippen molar-refractivity contribution in [3.8, 4) is 0 Å². The van der Waals surface area contributed by atoms with Crippen molar-refractivity contribution in [3.63, 3.8) is 0 Å². The van der Waals surface area contributed by atoms with Crippen LogP contribution >= 0.6 is 0 Å². The Morgan fingerprint density at radius 2 is 2.15 bits per heavy atom. The number of fused-ring (bicyclic) bond motifs is 1. The predicted octanol–water partition coefficient (Wildman–Crippen LogP) is 2.47. The molecule has 2 heteroatoms. The van der Waals surface area contributed by atoms with E-state index in [1.807, 2.05) is 37.3 Å². The van der Waals surface area contributed by atoms with Gasteiger partial charge >= 0.3 is 5.97 Å². The van der Waals surface area contributed by atoms with Crippen LogP contribution in [0.4, 0.5) is 0 Å². The van der Waals surface area contributed by atoms with E-state index in [2.05, 4.69) is 0 Å². The van der Waals surface area contributed by atoms with Gasteiger partial charge in [0.05, 0.1) is 5.56 Å². The van der Waals surface area contributed by atoms with E-state index in [4.69, 9.17) is 4.74 Å². The Morgan fingerprint density at radius 1 is 1.38 bits per heavy atom. The minimum atomic E-state index is -0.223. The molecule has 1 heterocycles. The zero-order valence-electron chi connectivity index (χ0n) is 7.36. The number of cyclic esters (lactones) is 1. The summed E-state index contributed by atoms with van der Waals surface area (Å²) in [5, 5.41) is 0. The average Bonchev–Trinajstić information content (AvgIpc) is 2.46. The summed E-state index contributed by atoms with van der Waals surface area (Å²) >= 11 is 0. The average molecular weight is 174 g/mol. The van der Waals surface area contributed by atoms with Gasteiger partial charge in [0.2, 0.25) is 0 Å². The summed E-state index contributed by atoms with van der Waals surface area (Å²) in [6, 6.07) is 7.47. The monoisotopic (exact) mass is 174 g/mol. The van der Waals surface area contributed by atoms with Gasteiger partial charge in [0.1, 0.15) is 6.10 Å². The molecule has 0 fully saturated rings. The lowest BCUT2D eigenvalue weighted by atomic mass is 10.1. The van der Waals surface area contributed by atoms with Gasteiger partial charge in [0, 0.05) is 5.56 Å². The Labute approximate surface area is 76.8 Å². The van der Waals surface area contributed by atoms with Crippen LogP contribution in [0.3, 0.4) is 0 Å². The van der Waals surface area contributed by atoms with Crippen molar-refractivity contribution in [2.45, 2.75) is 13.0 Å². The second-order valence-electron chi connectivity index (χ2n) is 2.94. The highest BCUT2D eigenvalue weighted by molar-refractivity contribution is 5.94. The Morgan fingerprint density at radius 3 is 2.92 bits per heavy atom. The van der Waals surface area contributed by atoms with E-state index in [0.29, 0.717) is 5.56 Å². The van der Waals surface area contributed by atoms with Crippen molar-refractivity contribution in [3.05, 3.63) is 47.5 Å². The van der Waals surface area contributed by atoms with Crippen LogP contribution in [0.2, 0.25) is 0 Å². The van der Waals surface area contributed by atoms with Crippen LogP contribution in [0.5, 0.6) is 0 Å². The number of benzene rings is 1. The van der Waals surface area contributed by atoms with Crippen molar-refractivity contribution >= 4 is 5.97 Å². The van der Waals surface area contributed by atoms with Gasteiger partial charge in [0.25, 0.3) is 0 Å². The van der Waals surface area contributed by atoms with Gasteiger partial charge in [-0.2, -0.15) is 0 Å². The van der Waals surface area contributed by atoms with Crippen molar-refractivity contribution in [2.24, 2.45) is 0 Å². The number of esters is 1. The number of hydrogen-bond donors (Lipinski definition) is 0. The third-order valence-electron chi connectivity index (χ3n) is 2.09. The van der Waals surface area contributed by atoms with Crippen LogP contribution in [0.1, 0.15) is 28.9 Å². The highest BCUT2D eigenvalue weighted by Gasteiger charge is 2.27. The molecule has 0 N–H and O–H groups in total. The molecule has 1 aliphatic rings. The fraction of sp³-hybridized carbons (Fsp3) is 0.182. The molecule has 2 nitrogen and oxygen atoms in total. The SMILES string of the molecule is CC=CC1OC(=O)c2ccccc21. The van der Waals surface area contributed by atoms with E-state index in [-0.39, 0.29) is 12.1 Å². The van der Waals surface area contributed by atoms with Gasteiger partial charge in [-0.15, -0.1) is 0 Å². The molecule has 0 saturated heterocycles. The second kappa shape index (κ2) is 3.05. The first-order chi connectivity index (χ1) is 6.33. The van der Waals surface area contributed by atoms with Crippen LogP contribution in [0.25, 0.3) is 0 Å². The first-order valence-electron chi connectivity index (χ1n) is 4.25. The normalized spacial score (nSPS) is 20.4. The molecule has 1 aliphatic heterocycles. The quantitative estimate of drug-likeness (QED) is 0.483. The zero-order valence-corrected chi connectivity index (χ0v) is 7.36. The van der Waals surface area contributed by atoms with E-state index < -0.39 is 0 Å². The molecule has 13 heavy (non-hydrogen) atoms. The lowest BCUT2D eigenvalue weighted by Crippen LogP contribution is -1.94. The molecule has 0 saturated carbocycles. The lowest BCUT2D eigenvalue weighted by molar-refractivity contribution is 0.0467. The third-order valence-corrected chi connectivity index (χ3v) is 2.09. The Hall–Kier alpha value is -1.57. The highest BCUT2D eigenvalue weighted by atomic mass is 16.5. The standard InChI is InChI=1S/C11H10O2/c1-2-5-10-8-6-3-4-7-9(8)11(12)13-10/h2-7,10H,1H3. The first-order valence-corrected chi connectivity index (χ1v) is 4.25. The summed E-state index contributed by atoms with van der Waals surface area (Å²) in [4.78, 5) is 11.3. The van der Waals surface area contributed by atoms with Crippen LogP contribution < -0.4 is 0 Å². The maximum atomic E-state index is 11.3. The molecule has 2 rings (SSSR count). The number of carbonyl (C=O) groups excluding carboxylic acids is 1. The fourth-order valence-electron chi connectivity index (χ4n) is 1.49. The molecule has 66 valence electrons. The summed E-state index contributed by atoms with van der Waals surface area (Å²) in [5.74, 6) is -0.223. The van der Waals surface area contributed by atoms with Crippen molar-refractivity contribution < 1.29 is 9.53 Å². The summed E-state index contributed by atoms with van der Waals surface area (Å²) in [6.45, 7) is 1.91. The Bertz CT molecular complexity index is 366. The summed E-state index contributed by atoms with van der Waals surface area (Å²) in [6.07, 6.45) is 3.58. The number of allylic oxidation sites excluding steroid dienone is 1. The van der Waals surface area contributed by atoms with Crippen molar-refractivity contribution in [1.29, 1.82) is 0 Å². The number of hydrogen-bond acceptors (Lipinski definition) is 2. The zero-order chi connectivity index (χ0) is 9.26. The van der Waals surface area contributed by atoms with E-state index in [1.165, 1.54) is 0 Å². The number of rotatable bonds is 1. The second-order valence-corrected chi connectivity index (χ2v) is 2.94. The van der Waals surface area contributed by atoms with Crippen molar-refractivity contribution in [2.75, 3.05) is 0 Å². The molecule has 0 spiro atoms. The smallest absolute Gasteiger partial charge is 0.339 e. The fourth-order valence-corrected chi connectivity index (χ4v) is 1.49. The first kappa shape index (κ1) is 8.05. The third kappa shape index (κ3) is 1.24. The summed E-state index contributed by atoms with van der Waals surface area (Å²) < 4.78 is 5.15. The van der Waals surface area contributed by atoms with Gasteiger partial charge in [-0.05, 0) is 19.1 Å². The highest BCUT2D eigenvalue weighted by Crippen LogP contribution is 2.30. The molecule has 0 bridgehead atoms. The molecule has 0 radical (unpaired) electrons. The molecule has 1 unspecified atom stereocenters. The lowest BCUT2D eigenvalue weighted by Gasteiger charge is -2.02. The Kier molecular flexibility index (Phi) is 1.89. The number of ether oxygens (including phenoxy) is 1. The van der Waals surface area contributed by atoms with E-state index in [9.17, 15) is 4.79 Å². The van der Waals surface area contributed by atoms with Crippen LogP contribution in [-0.2, 0) is 4.74 Å². The predicted molar refractivity (Wildman–Crippen MR) is 49.4 cm³/mol. The number of carbonyl (C=O) groups is 1. The van der Waals surface area contributed by atoms with Crippen molar-refractivity contribution in [1.82, 2.24) is 0 Å². The maximum absolute atomic E-state index is 11.3. The molecule has 1 aromatic carbocycles. The maximum Gasteiger partial charge on any atom is 0.339 e. The van der Waals surface area contributed by atoms with Gasteiger partial charge in [0.15, 0.2) is 0 Å². The molecule has 1 aromatic rings. The van der Waals surface area contributed by atoms with Gasteiger partial charge < -0.3 is 4.74 Å². The van der Waals surface area contributed by atoms with E-state index in [1.54, 1.807) is 6.07 Å². The molecule has 0 aromatic heterocycles. The van der Waals surface area contributed by atoms with Gasteiger partial charge in [-0.25, -0.2) is 4.79 Å². The molecular formula is C11H10O2. The van der Waals surface area contributed by atoms with E-state index >= 15 is 0 Å². The van der Waals surface area contributed by atoms with Gasteiger partial charge in [-0.1, -0.05) is 24.3 Å². The van der Waals surface area contributed by atoms with Crippen LogP contribution in [0.15, 0.2) is 36.4 Å². The van der Waals surface area contributed by atoms with Gasteiger partial charge in [-0.3, -0.25) is 0 Å². The minimum absolute atomic E-state index is 0.186. The minimum Gasteiger partial charge on any atom is -0.450 e. The van der Waals surface area contributed by atoms with E-state index in [0.717, 1.165) is 5.56 Å². The molecule has 0 aliphatic carbocycles. The summed E-state index contributed by atoms with van der Waals surface area (Å²) in [7, 11) is 0. The molecule has 1 atom stereocenters. The summed E-state index contributed by atoms with van der Waals surface area (Å²) in [5.41, 5.74) is 1.65. The Balaban J connectivity index is 2.47. The largest absolute Gasteiger partial charge is 0.450 e. The van der Waals surface area contributed by atoms with Crippen LogP contribution in [-0.4, -0.2) is 5.97 Å².